The number of hydrogen-bond donors (Lipinski definition) is 2. The number of anilines is 1. The topological polar surface area (TPSA) is 97.7 Å². The Labute approximate surface area is 164 Å². The molecule has 0 aliphatic carbocycles. The van der Waals surface area contributed by atoms with Gasteiger partial charge in [0.25, 0.3) is 0 Å². The average Bonchev–Trinajstić information content (AvgIpc) is 3.44. The molecule has 8 heteroatoms. The molecule has 7 nitrogen and oxygen atoms in total. The Morgan fingerprint density at radius 3 is 3.00 bits per heavy atom. The van der Waals surface area contributed by atoms with E-state index < -0.39 is 0 Å². The number of likely N-dealkylation sites (tertiary alicyclic amines) is 1. The molecule has 2 N–H and O–H groups in total. The summed E-state index contributed by atoms with van der Waals surface area (Å²) in [6, 6.07) is 12.3. The molecule has 4 aromatic rings. The number of nitriles is 1. The van der Waals surface area contributed by atoms with Gasteiger partial charge in [-0.25, -0.2) is 4.98 Å². The van der Waals surface area contributed by atoms with Gasteiger partial charge >= 0.3 is 0 Å². The van der Waals surface area contributed by atoms with Gasteiger partial charge in [-0.1, -0.05) is 23.5 Å². The van der Waals surface area contributed by atoms with Gasteiger partial charge in [0.2, 0.25) is 5.91 Å². The van der Waals surface area contributed by atoms with Crippen LogP contribution in [0.25, 0.3) is 32.2 Å². The summed E-state index contributed by atoms with van der Waals surface area (Å²) in [6.07, 6.45) is 4.61. The van der Waals surface area contributed by atoms with Crippen LogP contribution in [0.1, 0.15) is 6.42 Å². The molecule has 5 rings (SSSR count). The maximum Gasteiger partial charge on any atom is 0.231 e. The van der Waals surface area contributed by atoms with Crippen LogP contribution in [0.15, 0.2) is 42.6 Å². The molecule has 3 heterocycles. The number of nitrogens with zero attached hydrogens (tertiary/aromatic N) is 4. The third-order valence-corrected chi connectivity index (χ3v) is 6.03. The van der Waals surface area contributed by atoms with E-state index in [1.807, 2.05) is 24.4 Å². The van der Waals surface area contributed by atoms with Crippen molar-refractivity contribution in [3.05, 3.63) is 42.6 Å². The number of carbonyl (C=O) groups excluding carboxylic acids is 1. The van der Waals surface area contributed by atoms with E-state index in [0.29, 0.717) is 24.6 Å². The fraction of sp³-hybridized carbons (Fsp3) is 0.200. The number of fused-ring (bicyclic) bond motifs is 2. The number of nitrogens with one attached hydrogen (secondary N) is 2. The molecule has 138 valence electrons. The van der Waals surface area contributed by atoms with Gasteiger partial charge in [0.1, 0.15) is 0 Å². The number of H-pyrrole nitrogens is 1. The van der Waals surface area contributed by atoms with Crippen molar-refractivity contribution in [1.82, 2.24) is 20.1 Å². The van der Waals surface area contributed by atoms with Crippen molar-refractivity contribution >= 4 is 43.5 Å². The molecule has 0 bridgehead atoms. The lowest BCUT2D eigenvalue weighted by molar-refractivity contribution is -0.119. The van der Waals surface area contributed by atoms with E-state index in [9.17, 15) is 4.79 Å². The van der Waals surface area contributed by atoms with Crippen LogP contribution in [0.2, 0.25) is 0 Å². The van der Waals surface area contributed by atoms with E-state index in [-0.39, 0.29) is 11.8 Å². The van der Waals surface area contributed by atoms with Crippen LogP contribution in [0.5, 0.6) is 0 Å². The van der Waals surface area contributed by atoms with Crippen molar-refractivity contribution in [1.29, 1.82) is 5.26 Å². The Hall–Kier alpha value is -3.44. The molecule has 0 spiro atoms. The molecule has 1 saturated heterocycles. The van der Waals surface area contributed by atoms with Crippen LogP contribution in [0.3, 0.4) is 0 Å². The number of rotatable bonds is 3. The van der Waals surface area contributed by atoms with Crippen LogP contribution >= 0.6 is 11.3 Å². The number of hydrogen-bond acceptors (Lipinski definition) is 6. The zero-order valence-corrected chi connectivity index (χ0v) is 15.7. The number of benzene rings is 2. The fourth-order valence-corrected chi connectivity index (χ4v) is 4.46. The summed E-state index contributed by atoms with van der Waals surface area (Å²) in [5.74, 6) is -0.230. The summed E-state index contributed by atoms with van der Waals surface area (Å²) in [6.45, 7) is 1.12. The van der Waals surface area contributed by atoms with Crippen molar-refractivity contribution in [2.24, 2.45) is 5.92 Å². The molecule has 2 aromatic heterocycles. The summed E-state index contributed by atoms with van der Waals surface area (Å²) >= 11 is 1.46. The second kappa shape index (κ2) is 6.62. The third-order valence-electron chi connectivity index (χ3n) is 5.09. The first kappa shape index (κ1) is 16.7. The molecule has 0 unspecified atom stereocenters. The van der Waals surface area contributed by atoms with Gasteiger partial charge in [-0.05, 0) is 41.8 Å². The van der Waals surface area contributed by atoms with Crippen LogP contribution < -0.4 is 5.32 Å². The van der Waals surface area contributed by atoms with E-state index in [1.54, 1.807) is 4.90 Å². The highest BCUT2D eigenvalue weighted by molar-refractivity contribution is 7.22. The SMILES string of the molecule is N#CN1CC[C@@H](C(=O)Nc2nc3ccc(-c4ccc5[nH]ncc5c4)cc3s2)C1. The third kappa shape index (κ3) is 2.96. The van der Waals surface area contributed by atoms with Gasteiger partial charge in [0.05, 0.1) is 27.8 Å². The van der Waals surface area contributed by atoms with E-state index in [4.69, 9.17) is 5.26 Å². The van der Waals surface area contributed by atoms with Crippen LogP contribution in [0, 0.1) is 17.4 Å². The summed E-state index contributed by atoms with van der Waals surface area (Å²) < 4.78 is 1.02. The fourth-order valence-electron chi connectivity index (χ4n) is 3.55. The van der Waals surface area contributed by atoms with Crippen molar-refractivity contribution in [3.63, 3.8) is 0 Å². The Kier molecular flexibility index (Phi) is 3.95. The lowest BCUT2D eigenvalue weighted by Crippen LogP contribution is -2.25. The monoisotopic (exact) mass is 388 g/mol. The average molecular weight is 388 g/mol. The van der Waals surface area contributed by atoms with Crippen LogP contribution in [-0.4, -0.2) is 39.1 Å². The second-order valence-corrected chi connectivity index (χ2v) is 7.93. The molecule has 1 amide bonds. The molecule has 0 radical (unpaired) electrons. The predicted octanol–water partition coefficient (Wildman–Crippen LogP) is 3.58. The van der Waals surface area contributed by atoms with Crippen molar-refractivity contribution in [2.45, 2.75) is 6.42 Å². The second-order valence-electron chi connectivity index (χ2n) is 6.89. The van der Waals surface area contributed by atoms with Crippen LogP contribution in [0.4, 0.5) is 5.13 Å². The smallest absolute Gasteiger partial charge is 0.231 e. The minimum absolute atomic E-state index is 0.0672. The Morgan fingerprint density at radius 2 is 2.14 bits per heavy atom. The molecule has 0 saturated carbocycles. The first-order valence-electron chi connectivity index (χ1n) is 8.99. The number of aromatic amines is 1. The summed E-state index contributed by atoms with van der Waals surface area (Å²) in [7, 11) is 0. The Bertz CT molecular complexity index is 1240. The zero-order chi connectivity index (χ0) is 19.1. The van der Waals surface area contributed by atoms with Gasteiger partial charge in [-0.3, -0.25) is 9.89 Å². The van der Waals surface area contributed by atoms with Crippen molar-refractivity contribution in [3.8, 4) is 17.3 Å². The standard InChI is InChI=1S/C20H16N6OS/c21-11-26-6-5-14(10-26)19(27)24-20-23-17-4-2-13(8-18(17)28-20)12-1-3-16-15(7-12)9-22-25-16/h1-4,7-9,14H,5-6,10H2,(H,22,25)(H,23,24,27)/t14-/m1/s1. The number of aromatic nitrogens is 3. The Balaban J connectivity index is 1.39. The quantitative estimate of drug-likeness (QED) is 0.523. The largest absolute Gasteiger partial charge is 0.310 e. The first-order valence-corrected chi connectivity index (χ1v) is 9.81. The highest BCUT2D eigenvalue weighted by Gasteiger charge is 2.28. The van der Waals surface area contributed by atoms with E-state index in [2.05, 4.69) is 44.9 Å². The molecule has 1 atom stereocenters. The maximum absolute atomic E-state index is 12.5. The maximum atomic E-state index is 12.5. The number of thiazole rings is 1. The minimum Gasteiger partial charge on any atom is -0.310 e. The number of carbonyl (C=O) groups is 1. The van der Waals surface area contributed by atoms with Gasteiger partial charge in [-0.15, -0.1) is 0 Å². The molecular formula is C20H16N6OS. The van der Waals surface area contributed by atoms with Gasteiger partial charge < -0.3 is 10.2 Å². The molecule has 2 aromatic carbocycles. The van der Waals surface area contributed by atoms with Gasteiger partial charge in [0.15, 0.2) is 11.3 Å². The van der Waals surface area contributed by atoms with E-state index in [1.165, 1.54) is 11.3 Å². The summed E-state index contributed by atoms with van der Waals surface area (Å²) in [4.78, 5) is 18.6. The highest BCUT2D eigenvalue weighted by atomic mass is 32.1. The van der Waals surface area contributed by atoms with Gasteiger partial charge in [-0.2, -0.15) is 10.4 Å². The van der Waals surface area contributed by atoms with E-state index in [0.717, 1.165) is 32.2 Å². The normalized spacial score (nSPS) is 16.5. The number of amides is 1. The van der Waals surface area contributed by atoms with E-state index >= 15 is 0 Å². The summed E-state index contributed by atoms with van der Waals surface area (Å²) in [5, 5.41) is 20.6. The molecule has 1 fully saturated rings. The molecule has 1 aliphatic heterocycles. The van der Waals surface area contributed by atoms with Crippen LogP contribution in [-0.2, 0) is 4.79 Å². The van der Waals surface area contributed by atoms with Crippen molar-refractivity contribution in [2.75, 3.05) is 18.4 Å². The highest BCUT2D eigenvalue weighted by Crippen LogP contribution is 2.32. The zero-order valence-electron chi connectivity index (χ0n) is 14.8. The molecular weight excluding hydrogens is 372 g/mol. The minimum atomic E-state index is -0.163. The Morgan fingerprint density at radius 1 is 1.29 bits per heavy atom. The van der Waals surface area contributed by atoms with Crippen molar-refractivity contribution < 1.29 is 4.79 Å². The van der Waals surface area contributed by atoms with Gasteiger partial charge in [0, 0.05) is 18.5 Å². The molecule has 28 heavy (non-hydrogen) atoms. The first-order chi connectivity index (χ1) is 13.7. The lowest BCUT2D eigenvalue weighted by Gasteiger charge is -2.08. The lowest BCUT2D eigenvalue weighted by atomic mass is 10.0. The summed E-state index contributed by atoms with van der Waals surface area (Å²) in [5.41, 5.74) is 4.07. The molecule has 1 aliphatic rings. The predicted molar refractivity (Wildman–Crippen MR) is 109 cm³/mol.